The van der Waals surface area contributed by atoms with Crippen LogP contribution in [0.15, 0.2) is 106 Å². The van der Waals surface area contributed by atoms with Gasteiger partial charge in [0.25, 0.3) is 11.8 Å². The fourth-order valence-corrected chi connectivity index (χ4v) is 4.58. The maximum absolute atomic E-state index is 13.2. The van der Waals surface area contributed by atoms with Gasteiger partial charge in [-0.15, -0.1) is 11.8 Å². The first-order valence-corrected chi connectivity index (χ1v) is 13.3. The molecule has 1 aromatic heterocycles. The zero-order valence-electron chi connectivity index (χ0n) is 21.2. The number of furan rings is 1. The molecule has 0 saturated heterocycles. The molecule has 198 valence electrons. The average molecular weight is 560 g/mol. The van der Waals surface area contributed by atoms with E-state index >= 15 is 0 Å². The first-order valence-electron chi connectivity index (χ1n) is 12.0. The summed E-state index contributed by atoms with van der Waals surface area (Å²) < 4.78 is 5.34. The van der Waals surface area contributed by atoms with Gasteiger partial charge in [0.2, 0.25) is 5.91 Å². The van der Waals surface area contributed by atoms with E-state index in [1.54, 1.807) is 79.7 Å². The Morgan fingerprint density at radius 2 is 1.67 bits per heavy atom. The molecule has 0 aliphatic heterocycles. The molecule has 4 rings (SSSR count). The summed E-state index contributed by atoms with van der Waals surface area (Å²) in [5.41, 5.74) is 2.48. The molecule has 1 unspecified atom stereocenters. The summed E-state index contributed by atoms with van der Waals surface area (Å²) in [7, 11) is 0. The molecule has 0 aliphatic rings. The first-order chi connectivity index (χ1) is 18.8. The lowest BCUT2D eigenvalue weighted by molar-refractivity contribution is -0.115. The second-order valence-corrected chi connectivity index (χ2v) is 10.4. The monoisotopic (exact) mass is 559 g/mol. The maximum Gasteiger partial charge on any atom is 0.272 e. The van der Waals surface area contributed by atoms with Gasteiger partial charge in [0.1, 0.15) is 11.5 Å². The molecule has 3 amide bonds. The van der Waals surface area contributed by atoms with Crippen LogP contribution in [0, 0.1) is 6.92 Å². The highest BCUT2D eigenvalue weighted by atomic mass is 35.5. The van der Waals surface area contributed by atoms with Crippen LogP contribution in [0.25, 0.3) is 6.08 Å². The van der Waals surface area contributed by atoms with Gasteiger partial charge < -0.3 is 20.4 Å². The molecule has 0 fully saturated rings. The van der Waals surface area contributed by atoms with E-state index in [0.29, 0.717) is 27.7 Å². The molecule has 9 heteroatoms. The van der Waals surface area contributed by atoms with Gasteiger partial charge in [0.15, 0.2) is 0 Å². The second-order valence-electron chi connectivity index (χ2n) is 8.59. The zero-order chi connectivity index (χ0) is 27.8. The molecule has 1 atom stereocenters. The standard InChI is InChI=1S/C30H26ClN3O4S/c1-19-13-14-23(17-26(19)31)32-28(35)20(2)39-25-12-6-10-22(16-25)33-30(37)27(18-24-11-7-15-38-24)34-29(36)21-8-4-3-5-9-21/h3-18,20H,1-2H3,(H,32,35)(H,33,37)(H,34,36)/b27-18-. The lowest BCUT2D eigenvalue weighted by Crippen LogP contribution is -2.30. The molecule has 1 heterocycles. The number of hydrogen-bond donors (Lipinski definition) is 3. The molecule has 4 aromatic rings. The minimum absolute atomic E-state index is 0.0152. The fourth-order valence-electron chi connectivity index (χ4n) is 3.48. The first kappa shape index (κ1) is 27.8. The van der Waals surface area contributed by atoms with E-state index < -0.39 is 17.1 Å². The number of hydrogen-bond acceptors (Lipinski definition) is 5. The number of carbonyl (C=O) groups excluding carboxylic acids is 3. The van der Waals surface area contributed by atoms with Gasteiger partial charge in [-0.05, 0) is 74.0 Å². The normalized spacial score (nSPS) is 11.9. The highest BCUT2D eigenvalue weighted by Gasteiger charge is 2.18. The van der Waals surface area contributed by atoms with Gasteiger partial charge in [-0.3, -0.25) is 14.4 Å². The third-order valence-electron chi connectivity index (χ3n) is 5.57. The third-order valence-corrected chi connectivity index (χ3v) is 7.07. The van der Waals surface area contributed by atoms with Crippen LogP contribution in [0.3, 0.4) is 0 Å². The molecule has 0 spiro atoms. The molecular weight excluding hydrogens is 534 g/mol. The van der Waals surface area contributed by atoms with E-state index in [-0.39, 0.29) is 11.6 Å². The van der Waals surface area contributed by atoms with Crippen LogP contribution in [0.4, 0.5) is 11.4 Å². The molecule has 0 bridgehead atoms. The summed E-state index contributed by atoms with van der Waals surface area (Å²) in [6.45, 7) is 3.69. The van der Waals surface area contributed by atoms with Crippen molar-refractivity contribution in [2.24, 2.45) is 0 Å². The van der Waals surface area contributed by atoms with Crippen LogP contribution >= 0.6 is 23.4 Å². The number of thioether (sulfide) groups is 1. The quantitative estimate of drug-likeness (QED) is 0.155. The smallest absolute Gasteiger partial charge is 0.272 e. The second kappa shape index (κ2) is 13.0. The van der Waals surface area contributed by atoms with Crippen LogP contribution in [0.2, 0.25) is 5.02 Å². The molecule has 7 nitrogen and oxygen atoms in total. The van der Waals surface area contributed by atoms with Crippen molar-refractivity contribution in [2.45, 2.75) is 24.0 Å². The Labute approximate surface area is 235 Å². The van der Waals surface area contributed by atoms with E-state index in [0.717, 1.165) is 10.5 Å². The van der Waals surface area contributed by atoms with E-state index in [2.05, 4.69) is 16.0 Å². The number of rotatable bonds is 9. The number of halogens is 1. The minimum Gasteiger partial charge on any atom is -0.465 e. The van der Waals surface area contributed by atoms with Gasteiger partial charge in [-0.25, -0.2) is 0 Å². The van der Waals surface area contributed by atoms with Crippen LogP contribution in [0.1, 0.15) is 28.6 Å². The molecule has 3 aromatic carbocycles. The van der Waals surface area contributed by atoms with E-state index in [1.807, 2.05) is 19.1 Å². The van der Waals surface area contributed by atoms with E-state index in [1.165, 1.54) is 24.1 Å². The minimum atomic E-state index is -0.528. The van der Waals surface area contributed by atoms with Crippen LogP contribution in [0.5, 0.6) is 0 Å². The summed E-state index contributed by atoms with van der Waals surface area (Å²) >= 11 is 7.51. The lowest BCUT2D eigenvalue weighted by Gasteiger charge is -2.14. The summed E-state index contributed by atoms with van der Waals surface area (Å²) in [6.07, 6.45) is 2.93. The van der Waals surface area contributed by atoms with Crippen LogP contribution in [-0.2, 0) is 9.59 Å². The zero-order valence-corrected chi connectivity index (χ0v) is 22.8. The molecular formula is C30H26ClN3O4S. The number of benzene rings is 3. The van der Waals surface area contributed by atoms with Crippen molar-refractivity contribution in [1.29, 1.82) is 0 Å². The largest absolute Gasteiger partial charge is 0.465 e. The molecule has 0 saturated carbocycles. The van der Waals surface area contributed by atoms with Crippen molar-refractivity contribution in [3.8, 4) is 0 Å². The van der Waals surface area contributed by atoms with Gasteiger partial charge in [-0.1, -0.05) is 41.9 Å². The van der Waals surface area contributed by atoms with Crippen LogP contribution < -0.4 is 16.0 Å². The predicted octanol–water partition coefficient (Wildman–Crippen LogP) is 6.77. The van der Waals surface area contributed by atoms with Crippen molar-refractivity contribution >= 4 is 58.5 Å². The van der Waals surface area contributed by atoms with Gasteiger partial charge in [-0.2, -0.15) is 0 Å². The predicted molar refractivity (Wildman–Crippen MR) is 156 cm³/mol. The molecule has 3 N–H and O–H groups in total. The Kier molecular flexibility index (Phi) is 9.25. The topological polar surface area (TPSA) is 100 Å². The summed E-state index contributed by atoms with van der Waals surface area (Å²) in [5, 5.41) is 8.51. The SMILES string of the molecule is Cc1ccc(NC(=O)C(C)Sc2cccc(NC(=O)/C(=C/c3ccco3)NC(=O)c3ccccc3)c2)cc1Cl. The summed E-state index contributed by atoms with van der Waals surface area (Å²) in [4.78, 5) is 39.4. The van der Waals surface area contributed by atoms with E-state index in [4.69, 9.17) is 16.0 Å². The Morgan fingerprint density at radius 3 is 2.38 bits per heavy atom. The molecule has 39 heavy (non-hydrogen) atoms. The van der Waals surface area contributed by atoms with E-state index in [9.17, 15) is 14.4 Å². The number of carbonyl (C=O) groups is 3. The van der Waals surface area contributed by atoms with Gasteiger partial charge in [0.05, 0.1) is 11.5 Å². The molecule has 0 aliphatic carbocycles. The number of amides is 3. The third kappa shape index (κ3) is 7.86. The fraction of sp³-hybridized carbons (Fsp3) is 0.100. The Bertz CT molecular complexity index is 1500. The van der Waals surface area contributed by atoms with Gasteiger partial charge >= 0.3 is 0 Å². The van der Waals surface area contributed by atoms with Crippen molar-refractivity contribution in [1.82, 2.24) is 5.32 Å². The number of anilines is 2. The summed E-state index contributed by atoms with van der Waals surface area (Å²) in [6, 6.07) is 24.4. The van der Waals surface area contributed by atoms with Crippen molar-refractivity contribution in [3.05, 3.63) is 119 Å². The number of aryl methyl sites for hydroxylation is 1. The Morgan fingerprint density at radius 1 is 0.897 bits per heavy atom. The van der Waals surface area contributed by atoms with Crippen molar-refractivity contribution < 1.29 is 18.8 Å². The summed E-state index contributed by atoms with van der Waals surface area (Å²) in [5.74, 6) is -0.725. The number of nitrogens with one attached hydrogen (secondary N) is 3. The Balaban J connectivity index is 1.44. The Hall–Kier alpha value is -4.27. The maximum atomic E-state index is 13.2. The van der Waals surface area contributed by atoms with Crippen molar-refractivity contribution in [3.63, 3.8) is 0 Å². The highest BCUT2D eigenvalue weighted by molar-refractivity contribution is 8.00. The van der Waals surface area contributed by atoms with Gasteiger partial charge in [0, 0.05) is 32.9 Å². The van der Waals surface area contributed by atoms with Crippen LogP contribution in [-0.4, -0.2) is 23.0 Å². The lowest BCUT2D eigenvalue weighted by atomic mass is 10.2. The molecule has 0 radical (unpaired) electrons. The van der Waals surface area contributed by atoms with Crippen molar-refractivity contribution in [2.75, 3.05) is 10.6 Å². The highest BCUT2D eigenvalue weighted by Crippen LogP contribution is 2.27. The average Bonchev–Trinajstić information content (AvgIpc) is 3.44.